The first-order valence-corrected chi connectivity index (χ1v) is 11.6. The second-order valence-electron chi connectivity index (χ2n) is 8.90. The summed E-state index contributed by atoms with van der Waals surface area (Å²) in [5.41, 5.74) is 3.30. The first-order valence-electron chi connectivity index (χ1n) is 11.6. The Morgan fingerprint density at radius 3 is 2.39 bits per heavy atom. The van der Waals surface area contributed by atoms with Crippen molar-refractivity contribution in [2.45, 2.75) is 32.9 Å². The van der Waals surface area contributed by atoms with Crippen molar-refractivity contribution in [1.82, 2.24) is 20.3 Å². The number of fused-ring (bicyclic) bond motifs is 1. The smallest absolute Gasteiger partial charge is 0.251 e. The molecule has 0 fully saturated rings. The van der Waals surface area contributed by atoms with Crippen molar-refractivity contribution < 1.29 is 19.0 Å². The van der Waals surface area contributed by atoms with Crippen LogP contribution in [-0.4, -0.2) is 44.7 Å². The van der Waals surface area contributed by atoms with E-state index >= 15 is 0 Å². The molecule has 0 radical (unpaired) electrons. The average Bonchev–Trinajstić information content (AvgIpc) is 2.88. The number of halogens is 1. The minimum atomic E-state index is -0.710. The van der Waals surface area contributed by atoms with Gasteiger partial charge in [-0.2, -0.15) is 4.98 Å². The summed E-state index contributed by atoms with van der Waals surface area (Å²) < 4.78 is 18.9. The molecule has 0 aliphatic heterocycles. The van der Waals surface area contributed by atoms with Crippen molar-refractivity contribution in [1.29, 1.82) is 0 Å². The second-order valence-corrected chi connectivity index (χ2v) is 8.90. The summed E-state index contributed by atoms with van der Waals surface area (Å²) >= 11 is 0. The summed E-state index contributed by atoms with van der Waals surface area (Å²) in [6.45, 7) is 6.04. The Balaban J connectivity index is 1.57. The van der Waals surface area contributed by atoms with Gasteiger partial charge in [-0.1, -0.05) is 24.3 Å². The van der Waals surface area contributed by atoms with Gasteiger partial charge in [0.25, 0.3) is 5.91 Å². The molecule has 0 aliphatic rings. The van der Waals surface area contributed by atoms with E-state index in [1.54, 1.807) is 38.1 Å². The maximum Gasteiger partial charge on any atom is 0.251 e. The number of carbonyl (C=O) groups is 1. The van der Waals surface area contributed by atoms with E-state index < -0.39 is 5.54 Å². The van der Waals surface area contributed by atoms with Crippen LogP contribution in [0.3, 0.4) is 0 Å². The van der Waals surface area contributed by atoms with E-state index in [0.29, 0.717) is 47.3 Å². The lowest BCUT2D eigenvalue weighted by atomic mass is 10.0. The molecule has 0 saturated carbocycles. The zero-order chi connectivity index (χ0) is 25.7. The molecule has 0 spiro atoms. The van der Waals surface area contributed by atoms with Gasteiger partial charge in [0.15, 0.2) is 5.52 Å². The van der Waals surface area contributed by atoms with Gasteiger partial charge in [-0.05, 0) is 62.7 Å². The van der Waals surface area contributed by atoms with Gasteiger partial charge >= 0.3 is 0 Å². The number of pyridine rings is 1. The number of ether oxygens (including phenoxy) is 1. The monoisotopic (exact) mass is 489 g/mol. The number of rotatable bonds is 9. The van der Waals surface area contributed by atoms with E-state index in [0.717, 1.165) is 11.1 Å². The molecule has 0 aliphatic carbocycles. The number of hydrogen-bond acceptors (Lipinski definition) is 7. The molecule has 3 N–H and O–H groups in total. The van der Waals surface area contributed by atoms with Crippen molar-refractivity contribution in [2.24, 2.45) is 0 Å². The van der Waals surface area contributed by atoms with Crippen LogP contribution in [0, 0.1) is 5.82 Å². The van der Waals surface area contributed by atoms with Crippen molar-refractivity contribution in [3.8, 4) is 17.1 Å². The number of aliphatic hydroxyl groups excluding tert-OH is 1. The molecule has 1 amide bonds. The molecule has 2 aromatic carbocycles. The van der Waals surface area contributed by atoms with Crippen molar-refractivity contribution in [2.75, 3.05) is 18.5 Å². The molecule has 4 aromatic rings. The molecule has 0 unspecified atom stereocenters. The van der Waals surface area contributed by atoms with Gasteiger partial charge < -0.3 is 20.5 Å². The van der Waals surface area contributed by atoms with Crippen LogP contribution in [0.1, 0.15) is 36.7 Å². The Kier molecular flexibility index (Phi) is 7.40. The zero-order valence-corrected chi connectivity index (χ0v) is 20.4. The largest absolute Gasteiger partial charge is 0.476 e. The van der Waals surface area contributed by atoms with Crippen LogP contribution in [0.25, 0.3) is 22.3 Å². The molecule has 0 saturated heterocycles. The number of aliphatic hydroxyl groups is 1. The SMILES string of the molecule is CCOc1nc(NCc2ccc(F)cc2)nc2ccc(-c3ccc(C(=O)NC(C)(C)CO)cc3)nc12. The maximum atomic E-state index is 13.2. The van der Waals surface area contributed by atoms with Crippen LogP contribution in [0.4, 0.5) is 10.3 Å². The Morgan fingerprint density at radius 1 is 1.00 bits per heavy atom. The summed E-state index contributed by atoms with van der Waals surface area (Å²) in [4.78, 5) is 26.2. The summed E-state index contributed by atoms with van der Waals surface area (Å²) in [6.07, 6.45) is 0. The predicted molar refractivity (Wildman–Crippen MR) is 136 cm³/mol. The van der Waals surface area contributed by atoms with Crippen molar-refractivity contribution in [3.05, 3.63) is 77.6 Å². The molecule has 8 nitrogen and oxygen atoms in total. The summed E-state index contributed by atoms with van der Waals surface area (Å²) in [7, 11) is 0. The summed E-state index contributed by atoms with van der Waals surface area (Å²) in [5, 5.41) is 15.3. The van der Waals surface area contributed by atoms with Gasteiger partial charge in [-0.25, -0.2) is 14.4 Å². The summed E-state index contributed by atoms with van der Waals surface area (Å²) in [5.74, 6) is 0.184. The number of carbonyl (C=O) groups excluding carboxylic acids is 1. The van der Waals surface area contributed by atoms with E-state index in [-0.39, 0.29) is 18.3 Å². The molecule has 2 heterocycles. The average molecular weight is 490 g/mol. The third kappa shape index (κ3) is 5.92. The fraction of sp³-hybridized carbons (Fsp3) is 0.259. The van der Waals surface area contributed by atoms with Crippen LogP contribution in [-0.2, 0) is 6.54 Å². The van der Waals surface area contributed by atoms with Gasteiger partial charge in [0, 0.05) is 17.7 Å². The van der Waals surface area contributed by atoms with E-state index in [1.165, 1.54) is 12.1 Å². The Hall–Kier alpha value is -4.11. The van der Waals surface area contributed by atoms with Crippen LogP contribution < -0.4 is 15.4 Å². The van der Waals surface area contributed by atoms with E-state index in [4.69, 9.17) is 9.72 Å². The first kappa shape index (κ1) is 25.0. The zero-order valence-electron chi connectivity index (χ0n) is 20.4. The van der Waals surface area contributed by atoms with Gasteiger partial charge in [0.2, 0.25) is 11.8 Å². The highest BCUT2D eigenvalue weighted by molar-refractivity contribution is 5.95. The number of nitrogens with zero attached hydrogens (tertiary/aromatic N) is 3. The Morgan fingerprint density at radius 2 is 1.72 bits per heavy atom. The highest BCUT2D eigenvalue weighted by atomic mass is 19.1. The number of amides is 1. The number of benzene rings is 2. The first-order chi connectivity index (χ1) is 17.3. The van der Waals surface area contributed by atoms with Gasteiger partial charge in [-0.15, -0.1) is 0 Å². The van der Waals surface area contributed by atoms with Crippen molar-refractivity contribution in [3.63, 3.8) is 0 Å². The van der Waals surface area contributed by atoms with Gasteiger partial charge in [0.05, 0.1) is 30.0 Å². The molecule has 0 bridgehead atoms. The molecule has 0 atom stereocenters. The molecule has 36 heavy (non-hydrogen) atoms. The number of aromatic nitrogens is 3. The lowest BCUT2D eigenvalue weighted by Gasteiger charge is -2.23. The number of hydrogen-bond donors (Lipinski definition) is 3. The highest BCUT2D eigenvalue weighted by Gasteiger charge is 2.20. The molecule has 2 aromatic heterocycles. The molecule has 4 rings (SSSR count). The van der Waals surface area contributed by atoms with Crippen LogP contribution in [0.2, 0.25) is 0 Å². The summed E-state index contributed by atoms with van der Waals surface area (Å²) in [6, 6.07) is 17.0. The second kappa shape index (κ2) is 10.7. The lowest BCUT2D eigenvalue weighted by molar-refractivity contribution is 0.0869. The van der Waals surface area contributed by atoms with E-state index in [1.807, 2.05) is 31.2 Å². The highest BCUT2D eigenvalue weighted by Crippen LogP contribution is 2.27. The fourth-order valence-electron chi connectivity index (χ4n) is 3.46. The molecular weight excluding hydrogens is 461 g/mol. The normalized spacial score (nSPS) is 11.4. The molecule has 186 valence electrons. The third-order valence-corrected chi connectivity index (χ3v) is 5.45. The topological polar surface area (TPSA) is 109 Å². The van der Waals surface area contributed by atoms with E-state index in [2.05, 4.69) is 20.6 Å². The third-order valence-electron chi connectivity index (χ3n) is 5.45. The van der Waals surface area contributed by atoms with Gasteiger partial charge in [0.1, 0.15) is 5.82 Å². The minimum absolute atomic E-state index is 0.161. The quantitative estimate of drug-likeness (QED) is 0.321. The predicted octanol–water partition coefficient (Wildman–Crippen LogP) is 4.34. The number of anilines is 1. The van der Waals surface area contributed by atoms with Crippen LogP contribution in [0.15, 0.2) is 60.7 Å². The van der Waals surface area contributed by atoms with Crippen LogP contribution in [0.5, 0.6) is 5.88 Å². The molecular formula is C27H28FN5O3. The fourth-order valence-corrected chi connectivity index (χ4v) is 3.46. The Labute approximate surface area is 208 Å². The number of nitrogens with one attached hydrogen (secondary N) is 2. The lowest BCUT2D eigenvalue weighted by Crippen LogP contribution is -2.46. The Bertz CT molecular complexity index is 1360. The maximum absolute atomic E-state index is 13.2. The molecule has 9 heteroatoms. The minimum Gasteiger partial charge on any atom is -0.476 e. The van der Waals surface area contributed by atoms with Gasteiger partial charge in [-0.3, -0.25) is 4.79 Å². The van der Waals surface area contributed by atoms with Crippen LogP contribution >= 0.6 is 0 Å². The van der Waals surface area contributed by atoms with Crippen molar-refractivity contribution >= 4 is 22.9 Å². The van der Waals surface area contributed by atoms with E-state index in [9.17, 15) is 14.3 Å². The standard InChI is InChI=1S/C27H28FN5O3/c1-4-36-25-23-22(31-26(32-25)29-15-17-5-11-20(28)12-6-17)14-13-21(30-23)18-7-9-19(10-8-18)24(35)33-27(2,3)16-34/h5-14,34H,4,15-16H2,1-3H3,(H,33,35)(H,29,31,32).